The van der Waals surface area contributed by atoms with Crippen LogP contribution >= 0.6 is 0 Å². The SMILES string of the molecule is CC1CCOc2cc(S(=O)(=O)c3ccccc3)ccc21. The smallest absolute Gasteiger partial charge is 0.206 e. The fraction of sp³-hybridized carbons (Fsp3) is 0.250. The molecule has 0 saturated carbocycles. The van der Waals surface area contributed by atoms with Gasteiger partial charge in [0.1, 0.15) is 5.75 Å². The van der Waals surface area contributed by atoms with E-state index in [0.717, 1.165) is 12.0 Å². The molecule has 2 aromatic carbocycles. The molecule has 3 nitrogen and oxygen atoms in total. The maximum Gasteiger partial charge on any atom is 0.206 e. The topological polar surface area (TPSA) is 43.4 Å². The second-order valence-corrected chi connectivity index (χ2v) is 7.00. The minimum absolute atomic E-state index is 0.288. The average Bonchev–Trinajstić information content (AvgIpc) is 2.48. The Morgan fingerprint density at radius 3 is 2.55 bits per heavy atom. The fourth-order valence-corrected chi connectivity index (χ4v) is 3.75. The van der Waals surface area contributed by atoms with Crippen molar-refractivity contribution >= 4 is 9.84 Å². The van der Waals surface area contributed by atoms with Gasteiger partial charge in [0.15, 0.2) is 0 Å². The highest BCUT2D eigenvalue weighted by Gasteiger charge is 2.22. The average molecular weight is 288 g/mol. The van der Waals surface area contributed by atoms with Gasteiger partial charge in [0.25, 0.3) is 0 Å². The number of ether oxygens (including phenoxy) is 1. The summed E-state index contributed by atoms with van der Waals surface area (Å²) in [6.07, 6.45) is 0.970. The van der Waals surface area contributed by atoms with Gasteiger partial charge in [-0.2, -0.15) is 0 Å². The fourth-order valence-electron chi connectivity index (χ4n) is 2.45. The quantitative estimate of drug-likeness (QED) is 0.850. The second-order valence-electron chi connectivity index (χ2n) is 5.05. The third-order valence-corrected chi connectivity index (χ3v) is 5.46. The zero-order chi connectivity index (χ0) is 14.2. The van der Waals surface area contributed by atoms with E-state index in [0.29, 0.717) is 23.2 Å². The van der Waals surface area contributed by atoms with Gasteiger partial charge in [0.05, 0.1) is 16.4 Å². The van der Waals surface area contributed by atoms with Crippen LogP contribution < -0.4 is 4.74 Å². The predicted molar refractivity (Wildman–Crippen MR) is 76.9 cm³/mol. The van der Waals surface area contributed by atoms with Crippen LogP contribution in [0.4, 0.5) is 0 Å². The van der Waals surface area contributed by atoms with Gasteiger partial charge in [-0.15, -0.1) is 0 Å². The van der Waals surface area contributed by atoms with E-state index in [1.807, 2.05) is 6.07 Å². The Balaban J connectivity index is 2.08. The maximum atomic E-state index is 12.5. The lowest BCUT2D eigenvalue weighted by Gasteiger charge is -2.23. The first-order valence-electron chi connectivity index (χ1n) is 6.66. The summed E-state index contributed by atoms with van der Waals surface area (Å²) in [7, 11) is -3.47. The van der Waals surface area contributed by atoms with E-state index >= 15 is 0 Å². The molecule has 4 heteroatoms. The largest absolute Gasteiger partial charge is 0.493 e. The van der Waals surface area contributed by atoms with Crippen LogP contribution in [0, 0.1) is 0 Å². The molecule has 0 N–H and O–H groups in total. The molecule has 2 aromatic rings. The van der Waals surface area contributed by atoms with Crippen molar-refractivity contribution in [2.24, 2.45) is 0 Å². The van der Waals surface area contributed by atoms with Gasteiger partial charge >= 0.3 is 0 Å². The Morgan fingerprint density at radius 2 is 1.80 bits per heavy atom. The molecule has 0 aliphatic carbocycles. The standard InChI is InChI=1S/C16H16O3S/c1-12-9-10-19-16-11-14(7-8-15(12)16)20(17,18)13-5-3-2-4-6-13/h2-8,11-12H,9-10H2,1H3. The van der Waals surface area contributed by atoms with Crippen molar-refractivity contribution < 1.29 is 13.2 Å². The van der Waals surface area contributed by atoms with Crippen molar-refractivity contribution in [2.75, 3.05) is 6.61 Å². The minimum Gasteiger partial charge on any atom is -0.493 e. The van der Waals surface area contributed by atoms with E-state index in [9.17, 15) is 8.42 Å². The number of sulfone groups is 1. The highest BCUT2D eigenvalue weighted by molar-refractivity contribution is 7.91. The van der Waals surface area contributed by atoms with E-state index < -0.39 is 9.84 Å². The van der Waals surface area contributed by atoms with Crippen LogP contribution in [0.3, 0.4) is 0 Å². The summed E-state index contributed by atoms with van der Waals surface area (Å²) in [4.78, 5) is 0.598. The summed E-state index contributed by atoms with van der Waals surface area (Å²) >= 11 is 0. The van der Waals surface area contributed by atoms with Crippen molar-refractivity contribution in [3.05, 3.63) is 54.1 Å². The lowest BCUT2D eigenvalue weighted by atomic mass is 9.95. The molecule has 0 spiro atoms. The molecule has 0 fully saturated rings. The molecule has 0 amide bonds. The molecule has 0 aromatic heterocycles. The van der Waals surface area contributed by atoms with Gasteiger partial charge in [-0.1, -0.05) is 31.2 Å². The first-order valence-corrected chi connectivity index (χ1v) is 8.14. The van der Waals surface area contributed by atoms with Crippen LogP contribution in [0.25, 0.3) is 0 Å². The summed E-state index contributed by atoms with van der Waals surface area (Å²) in [5, 5.41) is 0. The van der Waals surface area contributed by atoms with Crippen molar-refractivity contribution in [3.63, 3.8) is 0 Å². The van der Waals surface area contributed by atoms with E-state index in [1.54, 1.807) is 42.5 Å². The first-order chi connectivity index (χ1) is 9.59. The van der Waals surface area contributed by atoms with Gasteiger partial charge in [-0.3, -0.25) is 0 Å². The van der Waals surface area contributed by atoms with Gasteiger partial charge in [0, 0.05) is 0 Å². The summed E-state index contributed by atoms with van der Waals surface area (Å²) in [5.74, 6) is 1.10. The summed E-state index contributed by atoms with van der Waals surface area (Å²) in [6, 6.07) is 13.7. The van der Waals surface area contributed by atoms with E-state index in [-0.39, 0.29) is 4.90 Å². The molecule has 3 rings (SSSR count). The normalized spacial score (nSPS) is 18.1. The zero-order valence-corrected chi connectivity index (χ0v) is 12.1. The van der Waals surface area contributed by atoms with Crippen molar-refractivity contribution in [1.82, 2.24) is 0 Å². The minimum atomic E-state index is -3.47. The monoisotopic (exact) mass is 288 g/mol. The molecule has 0 saturated heterocycles. The van der Waals surface area contributed by atoms with E-state index in [1.165, 1.54) is 0 Å². The molecule has 0 bridgehead atoms. The lowest BCUT2D eigenvalue weighted by Crippen LogP contribution is -2.13. The highest BCUT2D eigenvalue weighted by atomic mass is 32.2. The molecule has 1 aliphatic heterocycles. The number of benzene rings is 2. The van der Waals surface area contributed by atoms with Crippen molar-refractivity contribution in [3.8, 4) is 5.75 Å². The number of fused-ring (bicyclic) bond motifs is 1. The lowest BCUT2D eigenvalue weighted by molar-refractivity contribution is 0.271. The first kappa shape index (κ1) is 13.2. The molecule has 104 valence electrons. The van der Waals surface area contributed by atoms with Crippen LogP contribution in [0.1, 0.15) is 24.8 Å². The Kier molecular flexibility index (Phi) is 3.26. The van der Waals surface area contributed by atoms with Crippen LogP contribution in [0.5, 0.6) is 5.75 Å². The Morgan fingerprint density at radius 1 is 1.05 bits per heavy atom. The third kappa shape index (κ3) is 2.20. The van der Waals surface area contributed by atoms with Gasteiger partial charge in [0.2, 0.25) is 9.84 Å². The Labute approximate surface area is 119 Å². The van der Waals surface area contributed by atoms with E-state index in [2.05, 4.69) is 6.92 Å². The number of rotatable bonds is 2. The van der Waals surface area contributed by atoms with Gasteiger partial charge in [-0.05, 0) is 42.2 Å². The summed E-state index contributed by atoms with van der Waals surface area (Å²) in [5.41, 5.74) is 1.09. The van der Waals surface area contributed by atoms with Crippen LogP contribution in [0.15, 0.2) is 58.3 Å². The number of hydrogen-bond acceptors (Lipinski definition) is 3. The van der Waals surface area contributed by atoms with Crippen molar-refractivity contribution in [1.29, 1.82) is 0 Å². The van der Waals surface area contributed by atoms with Crippen LogP contribution in [0.2, 0.25) is 0 Å². The molecule has 1 unspecified atom stereocenters. The maximum absolute atomic E-state index is 12.5. The second kappa shape index (κ2) is 4.94. The molecule has 0 radical (unpaired) electrons. The molecule has 1 aliphatic rings. The highest BCUT2D eigenvalue weighted by Crippen LogP contribution is 2.35. The Bertz CT molecular complexity index is 721. The van der Waals surface area contributed by atoms with Crippen molar-refractivity contribution in [2.45, 2.75) is 29.1 Å². The third-order valence-electron chi connectivity index (χ3n) is 3.69. The molecular weight excluding hydrogens is 272 g/mol. The Hall–Kier alpha value is -1.81. The zero-order valence-electron chi connectivity index (χ0n) is 11.2. The van der Waals surface area contributed by atoms with Crippen LogP contribution in [-0.4, -0.2) is 15.0 Å². The molecule has 1 atom stereocenters. The predicted octanol–water partition coefficient (Wildman–Crippen LogP) is 3.41. The molecule has 1 heterocycles. The molecular formula is C16H16O3S. The van der Waals surface area contributed by atoms with Gasteiger partial charge < -0.3 is 4.74 Å². The van der Waals surface area contributed by atoms with Gasteiger partial charge in [-0.25, -0.2) is 8.42 Å². The van der Waals surface area contributed by atoms with E-state index in [4.69, 9.17) is 4.74 Å². The molecule has 20 heavy (non-hydrogen) atoms. The summed E-state index contributed by atoms with van der Waals surface area (Å²) in [6.45, 7) is 2.77. The number of hydrogen-bond donors (Lipinski definition) is 0. The summed E-state index contributed by atoms with van der Waals surface area (Å²) < 4.78 is 30.7. The van der Waals surface area contributed by atoms with Crippen LogP contribution in [-0.2, 0) is 9.84 Å².